The van der Waals surface area contributed by atoms with Crippen LogP contribution in [0.5, 0.6) is 0 Å². The molecule has 2 heterocycles. The zero-order valence-corrected chi connectivity index (χ0v) is 31.1. The topological polar surface area (TPSA) is 38.7 Å². The van der Waals surface area contributed by atoms with Crippen molar-refractivity contribution in [3.8, 4) is 56.2 Å². The van der Waals surface area contributed by atoms with E-state index in [4.69, 9.17) is 15.0 Å². The number of rotatable bonds is 4. The number of hydrogen-bond donors (Lipinski definition) is 0. The molecule has 3 aliphatic carbocycles. The highest BCUT2D eigenvalue weighted by molar-refractivity contribution is 6.14. The highest BCUT2D eigenvalue weighted by Crippen LogP contribution is 2.63. The van der Waals surface area contributed by atoms with E-state index in [1.165, 1.54) is 49.9 Å². The molecule has 12 rings (SSSR count). The van der Waals surface area contributed by atoms with Crippen molar-refractivity contribution in [1.82, 2.24) is 15.0 Å². The van der Waals surface area contributed by atoms with E-state index in [-0.39, 0.29) is 5.92 Å². The van der Waals surface area contributed by atoms with Crippen molar-refractivity contribution in [2.24, 2.45) is 0 Å². The largest absolute Gasteiger partial charge is 0.247 e. The standard InChI is InChI=1S/C54H35N3/c1-3-16-34(17-4-1)50-33-51(35-18-5-2-6-19-35)57-53(56-50)37-21-15-20-36(30-37)52-44-31-43-40-24-9-13-28-47(40)54(48(43)32-42(44)41-25-10-14-29-49(41)55-52)45-26-11-7-22-38(45)39-23-8-12-27-46(39)54/h1-18,20-33,35H,19H2. The molecular weight excluding hydrogens is 691 g/mol. The van der Waals surface area contributed by atoms with E-state index >= 15 is 0 Å². The summed E-state index contributed by atoms with van der Waals surface area (Å²) in [5.41, 5.74) is 17.1. The molecule has 0 bridgehead atoms. The van der Waals surface area contributed by atoms with Crippen LogP contribution in [0, 0.1) is 0 Å². The lowest BCUT2D eigenvalue weighted by atomic mass is 9.70. The van der Waals surface area contributed by atoms with Gasteiger partial charge in [0, 0.05) is 33.4 Å². The Bertz CT molecular complexity index is 3130. The summed E-state index contributed by atoms with van der Waals surface area (Å²) >= 11 is 0. The minimum absolute atomic E-state index is 0.195. The number of para-hydroxylation sites is 1. The van der Waals surface area contributed by atoms with Gasteiger partial charge in [-0.15, -0.1) is 0 Å². The molecule has 9 aromatic rings. The number of hydrogen-bond acceptors (Lipinski definition) is 3. The van der Waals surface area contributed by atoms with Gasteiger partial charge in [-0.2, -0.15) is 0 Å². The van der Waals surface area contributed by atoms with Gasteiger partial charge in [0.2, 0.25) is 0 Å². The number of aromatic nitrogens is 3. The van der Waals surface area contributed by atoms with Crippen LogP contribution < -0.4 is 0 Å². The third-order valence-electron chi connectivity index (χ3n) is 12.4. The van der Waals surface area contributed by atoms with Crippen molar-refractivity contribution >= 4 is 21.7 Å². The number of fused-ring (bicyclic) bond motifs is 13. The minimum Gasteiger partial charge on any atom is -0.247 e. The summed E-state index contributed by atoms with van der Waals surface area (Å²) in [5, 5.41) is 3.49. The van der Waals surface area contributed by atoms with Crippen LogP contribution in [0.4, 0.5) is 0 Å². The quantitative estimate of drug-likeness (QED) is 0.170. The lowest BCUT2D eigenvalue weighted by molar-refractivity contribution is 0.795. The molecule has 0 N–H and O–H groups in total. The second kappa shape index (κ2) is 12.4. The lowest BCUT2D eigenvalue weighted by Crippen LogP contribution is -2.25. The summed E-state index contributed by atoms with van der Waals surface area (Å²) in [7, 11) is 0. The summed E-state index contributed by atoms with van der Waals surface area (Å²) in [4.78, 5) is 15.9. The molecule has 3 heteroatoms. The molecule has 2 aromatic heterocycles. The highest BCUT2D eigenvalue weighted by atomic mass is 14.9. The molecule has 57 heavy (non-hydrogen) atoms. The van der Waals surface area contributed by atoms with Crippen molar-refractivity contribution < 1.29 is 0 Å². The van der Waals surface area contributed by atoms with Crippen LogP contribution in [0.25, 0.3) is 77.8 Å². The molecule has 1 unspecified atom stereocenters. The second-order valence-electron chi connectivity index (χ2n) is 15.4. The molecule has 0 fully saturated rings. The number of pyridine rings is 1. The maximum atomic E-state index is 5.45. The predicted molar refractivity (Wildman–Crippen MR) is 233 cm³/mol. The Labute approximate surface area is 331 Å². The van der Waals surface area contributed by atoms with Gasteiger partial charge in [-0.05, 0) is 86.6 Å². The van der Waals surface area contributed by atoms with E-state index in [9.17, 15) is 0 Å². The van der Waals surface area contributed by atoms with E-state index in [1.54, 1.807) is 0 Å². The molecular formula is C54H35N3. The first-order valence-electron chi connectivity index (χ1n) is 19.8. The van der Waals surface area contributed by atoms with E-state index < -0.39 is 5.41 Å². The van der Waals surface area contributed by atoms with Gasteiger partial charge in [0.15, 0.2) is 5.82 Å². The van der Waals surface area contributed by atoms with Gasteiger partial charge in [-0.25, -0.2) is 15.0 Å². The normalized spacial score (nSPS) is 15.5. The third kappa shape index (κ3) is 4.69. The van der Waals surface area contributed by atoms with Gasteiger partial charge in [0.1, 0.15) is 0 Å². The Balaban J connectivity index is 1.10. The molecule has 0 saturated carbocycles. The van der Waals surface area contributed by atoms with Crippen molar-refractivity contribution in [2.75, 3.05) is 0 Å². The smallest absolute Gasteiger partial charge is 0.160 e. The van der Waals surface area contributed by atoms with Crippen LogP contribution >= 0.6 is 0 Å². The maximum Gasteiger partial charge on any atom is 0.160 e. The van der Waals surface area contributed by atoms with Gasteiger partial charge in [0.25, 0.3) is 0 Å². The fraction of sp³-hybridized carbons (Fsp3) is 0.0556. The SMILES string of the molecule is C1=CCC(c2cc(-c3ccccc3)nc(-c3cccc(-c4nc5ccccc5c5cc6c(cc45)-c4ccccc4C64c5ccccc5-c5ccccc54)c3)n2)C=C1. The van der Waals surface area contributed by atoms with Crippen molar-refractivity contribution in [3.63, 3.8) is 0 Å². The molecule has 3 nitrogen and oxygen atoms in total. The van der Waals surface area contributed by atoms with E-state index in [0.717, 1.165) is 62.3 Å². The van der Waals surface area contributed by atoms with Crippen molar-refractivity contribution in [3.05, 3.63) is 222 Å². The van der Waals surface area contributed by atoms with Gasteiger partial charge in [0.05, 0.1) is 28.0 Å². The Hall–Kier alpha value is -7.23. The molecule has 0 amide bonds. The molecule has 266 valence electrons. The lowest BCUT2D eigenvalue weighted by Gasteiger charge is -2.30. The number of allylic oxidation sites excluding steroid dienone is 4. The Kier molecular flexibility index (Phi) is 6.97. The maximum absolute atomic E-state index is 5.45. The monoisotopic (exact) mass is 725 g/mol. The summed E-state index contributed by atoms with van der Waals surface area (Å²) in [6, 6.07) is 61.8. The minimum atomic E-state index is -0.417. The van der Waals surface area contributed by atoms with Crippen LogP contribution in [0.2, 0.25) is 0 Å². The fourth-order valence-electron chi connectivity index (χ4n) is 9.90. The molecule has 7 aromatic carbocycles. The summed E-state index contributed by atoms with van der Waals surface area (Å²) < 4.78 is 0. The summed E-state index contributed by atoms with van der Waals surface area (Å²) in [5.74, 6) is 0.914. The highest BCUT2D eigenvalue weighted by Gasteiger charge is 2.51. The Morgan fingerprint density at radius 3 is 1.82 bits per heavy atom. The first kappa shape index (κ1) is 32.1. The molecule has 1 atom stereocenters. The fourth-order valence-corrected chi connectivity index (χ4v) is 9.90. The number of benzene rings is 7. The Morgan fingerprint density at radius 1 is 0.439 bits per heavy atom. The zero-order chi connectivity index (χ0) is 37.5. The van der Waals surface area contributed by atoms with Gasteiger partial charge in [-0.1, -0.05) is 164 Å². The van der Waals surface area contributed by atoms with E-state index in [0.29, 0.717) is 0 Å². The molecule has 0 radical (unpaired) electrons. The van der Waals surface area contributed by atoms with Crippen molar-refractivity contribution in [2.45, 2.75) is 17.8 Å². The van der Waals surface area contributed by atoms with Crippen LogP contribution in [0.15, 0.2) is 194 Å². The average Bonchev–Trinajstić information content (AvgIpc) is 3.75. The summed E-state index contributed by atoms with van der Waals surface area (Å²) in [6.07, 6.45) is 9.61. The molecule has 0 aliphatic heterocycles. The van der Waals surface area contributed by atoms with Gasteiger partial charge < -0.3 is 0 Å². The van der Waals surface area contributed by atoms with Gasteiger partial charge >= 0.3 is 0 Å². The van der Waals surface area contributed by atoms with Crippen LogP contribution in [0.1, 0.15) is 40.3 Å². The predicted octanol–water partition coefficient (Wildman–Crippen LogP) is 13.1. The molecule has 0 saturated heterocycles. The number of nitrogens with zero attached hydrogens (tertiary/aromatic N) is 3. The van der Waals surface area contributed by atoms with Crippen molar-refractivity contribution in [1.29, 1.82) is 0 Å². The first-order chi connectivity index (χ1) is 28.3. The third-order valence-corrected chi connectivity index (χ3v) is 12.4. The van der Waals surface area contributed by atoms with Crippen LogP contribution in [-0.4, -0.2) is 15.0 Å². The van der Waals surface area contributed by atoms with E-state index in [1.807, 2.05) is 6.07 Å². The Morgan fingerprint density at radius 2 is 1.09 bits per heavy atom. The zero-order valence-electron chi connectivity index (χ0n) is 31.1. The average molecular weight is 726 g/mol. The van der Waals surface area contributed by atoms with Crippen LogP contribution in [0.3, 0.4) is 0 Å². The molecule has 3 aliphatic rings. The first-order valence-corrected chi connectivity index (χ1v) is 19.8. The van der Waals surface area contributed by atoms with E-state index in [2.05, 4.69) is 188 Å². The second-order valence-corrected chi connectivity index (χ2v) is 15.4. The molecule has 1 spiro atoms. The van der Waals surface area contributed by atoms with Gasteiger partial charge in [-0.3, -0.25) is 0 Å². The summed E-state index contributed by atoms with van der Waals surface area (Å²) in [6.45, 7) is 0. The van der Waals surface area contributed by atoms with Crippen LogP contribution in [-0.2, 0) is 5.41 Å².